The van der Waals surface area contributed by atoms with E-state index in [1.54, 1.807) is 24.3 Å². The highest BCUT2D eigenvalue weighted by molar-refractivity contribution is 5.85. The maximum atomic E-state index is 12.3. The molecule has 2 rings (SSSR count). The number of carboxylic acid groups (broad SMARTS) is 1. The molecule has 0 radical (unpaired) electrons. The van der Waals surface area contributed by atoms with Crippen LogP contribution in [-0.4, -0.2) is 23.1 Å². The first-order chi connectivity index (χ1) is 11.6. The summed E-state index contributed by atoms with van der Waals surface area (Å²) in [5.74, 6) is -0.398. The molecule has 0 heterocycles. The Kier molecular flexibility index (Phi) is 5.92. The lowest BCUT2D eigenvalue weighted by Gasteiger charge is -2.17. The van der Waals surface area contributed by atoms with Crippen LogP contribution in [0.15, 0.2) is 54.6 Å². The molecule has 2 aromatic carbocycles. The third-order valence-corrected chi connectivity index (χ3v) is 3.45. The van der Waals surface area contributed by atoms with E-state index in [-0.39, 0.29) is 13.0 Å². The van der Waals surface area contributed by atoms with E-state index in [2.05, 4.69) is 10.6 Å². The van der Waals surface area contributed by atoms with Crippen molar-refractivity contribution >= 4 is 12.0 Å². The number of nitriles is 1. The Balaban J connectivity index is 1.98. The molecule has 0 aliphatic rings. The minimum Gasteiger partial charge on any atom is -0.465 e. The minimum absolute atomic E-state index is 0.261. The fourth-order valence-corrected chi connectivity index (χ4v) is 2.22. The van der Waals surface area contributed by atoms with E-state index in [4.69, 9.17) is 10.4 Å². The second-order valence-electron chi connectivity index (χ2n) is 5.22. The Labute approximate surface area is 139 Å². The standard InChI is InChI=1S/C18H17N3O3/c19-11-14-6-8-15(9-7-14)12-20-17(22)16(21-18(23)24)10-13-4-2-1-3-5-13/h1-9,16,21H,10,12H2,(H,20,22)(H,23,24)/t16-/m0/s1. The van der Waals surface area contributed by atoms with E-state index in [0.717, 1.165) is 11.1 Å². The van der Waals surface area contributed by atoms with Crippen molar-refractivity contribution in [2.24, 2.45) is 0 Å². The van der Waals surface area contributed by atoms with Crippen LogP contribution in [0.5, 0.6) is 0 Å². The number of amides is 2. The molecular weight excluding hydrogens is 306 g/mol. The highest BCUT2D eigenvalue weighted by atomic mass is 16.4. The molecule has 0 fully saturated rings. The maximum absolute atomic E-state index is 12.3. The summed E-state index contributed by atoms with van der Waals surface area (Å²) < 4.78 is 0. The van der Waals surface area contributed by atoms with Gasteiger partial charge in [0.25, 0.3) is 0 Å². The van der Waals surface area contributed by atoms with Gasteiger partial charge in [-0.15, -0.1) is 0 Å². The van der Waals surface area contributed by atoms with E-state index < -0.39 is 18.0 Å². The van der Waals surface area contributed by atoms with Gasteiger partial charge < -0.3 is 15.7 Å². The number of hydrogen-bond donors (Lipinski definition) is 3. The van der Waals surface area contributed by atoms with Crippen LogP contribution in [-0.2, 0) is 17.8 Å². The van der Waals surface area contributed by atoms with Gasteiger partial charge in [0, 0.05) is 13.0 Å². The molecule has 6 nitrogen and oxygen atoms in total. The number of rotatable bonds is 6. The van der Waals surface area contributed by atoms with Crippen LogP contribution in [0.3, 0.4) is 0 Å². The molecule has 122 valence electrons. The summed E-state index contributed by atoms with van der Waals surface area (Å²) in [4.78, 5) is 23.2. The van der Waals surface area contributed by atoms with Crippen molar-refractivity contribution in [1.29, 1.82) is 5.26 Å². The zero-order valence-electron chi connectivity index (χ0n) is 12.9. The van der Waals surface area contributed by atoms with Crippen LogP contribution in [0.25, 0.3) is 0 Å². The first kappa shape index (κ1) is 17.0. The molecule has 2 amide bonds. The summed E-state index contributed by atoms with van der Waals surface area (Å²) >= 11 is 0. The largest absolute Gasteiger partial charge is 0.465 e. The maximum Gasteiger partial charge on any atom is 0.405 e. The van der Waals surface area contributed by atoms with Crippen LogP contribution in [0.4, 0.5) is 4.79 Å². The number of hydrogen-bond acceptors (Lipinski definition) is 3. The van der Waals surface area contributed by atoms with Crippen LogP contribution >= 0.6 is 0 Å². The lowest BCUT2D eigenvalue weighted by Crippen LogP contribution is -2.47. The third kappa shape index (κ3) is 5.14. The van der Waals surface area contributed by atoms with E-state index in [1.807, 2.05) is 36.4 Å². The van der Waals surface area contributed by atoms with Crippen molar-refractivity contribution < 1.29 is 14.7 Å². The molecule has 0 unspecified atom stereocenters. The SMILES string of the molecule is N#Cc1ccc(CNC(=O)[C@H](Cc2ccccc2)NC(=O)O)cc1. The average Bonchev–Trinajstić information content (AvgIpc) is 2.60. The fraction of sp³-hybridized carbons (Fsp3) is 0.167. The van der Waals surface area contributed by atoms with Gasteiger partial charge in [-0.05, 0) is 23.3 Å². The molecule has 0 saturated carbocycles. The van der Waals surface area contributed by atoms with Gasteiger partial charge in [-0.1, -0.05) is 42.5 Å². The van der Waals surface area contributed by atoms with Gasteiger partial charge in [-0.3, -0.25) is 4.79 Å². The highest BCUT2D eigenvalue weighted by Crippen LogP contribution is 2.06. The van der Waals surface area contributed by atoms with Gasteiger partial charge in [-0.2, -0.15) is 5.26 Å². The summed E-state index contributed by atoms with van der Waals surface area (Å²) in [6.45, 7) is 0.261. The monoisotopic (exact) mass is 323 g/mol. The van der Waals surface area contributed by atoms with Gasteiger partial charge in [0.05, 0.1) is 11.6 Å². The quantitative estimate of drug-likeness (QED) is 0.757. The molecular formula is C18H17N3O3. The zero-order valence-corrected chi connectivity index (χ0v) is 12.9. The Morgan fingerprint density at radius 3 is 2.29 bits per heavy atom. The number of nitrogens with one attached hydrogen (secondary N) is 2. The molecule has 24 heavy (non-hydrogen) atoms. The summed E-state index contributed by atoms with van der Waals surface area (Å²) in [5.41, 5.74) is 2.24. The predicted octanol–water partition coefficient (Wildman–Crippen LogP) is 2.05. The minimum atomic E-state index is -1.25. The van der Waals surface area contributed by atoms with Gasteiger partial charge in [0.1, 0.15) is 6.04 Å². The summed E-state index contributed by atoms with van der Waals surface area (Å²) in [5, 5.41) is 22.7. The van der Waals surface area contributed by atoms with Crippen LogP contribution in [0.1, 0.15) is 16.7 Å². The first-order valence-electron chi connectivity index (χ1n) is 7.38. The topological polar surface area (TPSA) is 102 Å². The Morgan fingerprint density at radius 1 is 1.04 bits per heavy atom. The molecule has 6 heteroatoms. The molecule has 2 aromatic rings. The van der Waals surface area contributed by atoms with E-state index in [1.165, 1.54) is 0 Å². The molecule has 0 aromatic heterocycles. The molecule has 0 bridgehead atoms. The van der Waals surface area contributed by atoms with E-state index in [0.29, 0.717) is 5.56 Å². The van der Waals surface area contributed by atoms with Crippen molar-refractivity contribution in [3.05, 3.63) is 71.3 Å². The number of carbonyl (C=O) groups excluding carboxylic acids is 1. The number of carbonyl (C=O) groups is 2. The average molecular weight is 323 g/mol. The normalized spacial score (nSPS) is 11.1. The Morgan fingerprint density at radius 2 is 1.71 bits per heavy atom. The van der Waals surface area contributed by atoms with Crippen LogP contribution in [0.2, 0.25) is 0 Å². The summed E-state index contributed by atoms with van der Waals surface area (Å²) in [7, 11) is 0. The number of nitrogens with zero attached hydrogens (tertiary/aromatic N) is 1. The predicted molar refractivity (Wildman–Crippen MR) is 88.1 cm³/mol. The first-order valence-corrected chi connectivity index (χ1v) is 7.38. The van der Waals surface area contributed by atoms with E-state index in [9.17, 15) is 9.59 Å². The second-order valence-corrected chi connectivity index (χ2v) is 5.22. The van der Waals surface area contributed by atoms with Gasteiger partial charge in [0.15, 0.2) is 0 Å². The second kappa shape index (κ2) is 8.34. The molecule has 0 spiro atoms. The zero-order chi connectivity index (χ0) is 17.4. The van der Waals surface area contributed by atoms with Crippen LogP contribution < -0.4 is 10.6 Å². The Hall–Kier alpha value is -3.33. The van der Waals surface area contributed by atoms with Gasteiger partial charge in [0.2, 0.25) is 5.91 Å². The van der Waals surface area contributed by atoms with Gasteiger partial charge in [-0.25, -0.2) is 4.79 Å². The smallest absolute Gasteiger partial charge is 0.405 e. The lowest BCUT2D eigenvalue weighted by atomic mass is 10.1. The fourth-order valence-electron chi connectivity index (χ4n) is 2.22. The van der Waals surface area contributed by atoms with Crippen molar-refractivity contribution in [3.63, 3.8) is 0 Å². The van der Waals surface area contributed by atoms with Crippen molar-refractivity contribution in [1.82, 2.24) is 10.6 Å². The molecule has 0 aliphatic heterocycles. The summed E-state index contributed by atoms with van der Waals surface area (Å²) in [6, 6.07) is 17.2. The van der Waals surface area contributed by atoms with Crippen LogP contribution in [0, 0.1) is 11.3 Å². The third-order valence-electron chi connectivity index (χ3n) is 3.45. The van der Waals surface area contributed by atoms with Gasteiger partial charge >= 0.3 is 6.09 Å². The number of benzene rings is 2. The summed E-state index contributed by atoms with van der Waals surface area (Å²) in [6.07, 6.45) is -0.976. The highest BCUT2D eigenvalue weighted by Gasteiger charge is 2.20. The van der Waals surface area contributed by atoms with Crippen molar-refractivity contribution in [3.8, 4) is 6.07 Å². The van der Waals surface area contributed by atoms with E-state index >= 15 is 0 Å². The molecule has 3 N–H and O–H groups in total. The molecule has 0 saturated heterocycles. The molecule has 1 atom stereocenters. The lowest BCUT2D eigenvalue weighted by molar-refractivity contribution is -0.123. The van der Waals surface area contributed by atoms with Crippen molar-refractivity contribution in [2.45, 2.75) is 19.0 Å². The van der Waals surface area contributed by atoms with Crippen molar-refractivity contribution in [2.75, 3.05) is 0 Å². The molecule has 0 aliphatic carbocycles. The Bertz CT molecular complexity index is 736.